The van der Waals surface area contributed by atoms with Gasteiger partial charge in [-0.3, -0.25) is 9.59 Å². The average Bonchev–Trinajstić information content (AvgIpc) is 3.33. The molecule has 4 heterocycles. The minimum Gasteiger partial charge on any atom is -0.340 e. The van der Waals surface area contributed by atoms with Crippen LogP contribution in [0, 0.1) is 5.92 Å². The Bertz CT molecular complexity index is 1030. The van der Waals surface area contributed by atoms with Gasteiger partial charge < -0.3 is 13.8 Å². The van der Waals surface area contributed by atoms with E-state index in [0.29, 0.717) is 36.2 Å². The summed E-state index contributed by atoms with van der Waals surface area (Å²) < 4.78 is 8.30. The zero-order valence-electron chi connectivity index (χ0n) is 16.1. The van der Waals surface area contributed by atoms with Crippen molar-refractivity contribution < 1.29 is 9.32 Å². The van der Waals surface area contributed by atoms with Crippen LogP contribution in [0.25, 0.3) is 5.52 Å². The molecule has 0 saturated carbocycles. The van der Waals surface area contributed by atoms with Crippen molar-refractivity contribution in [3.05, 3.63) is 46.7 Å². The van der Waals surface area contributed by atoms with Crippen molar-refractivity contribution >= 4 is 11.4 Å². The van der Waals surface area contributed by atoms with Gasteiger partial charge in [-0.25, -0.2) is 4.68 Å². The van der Waals surface area contributed by atoms with Crippen molar-refractivity contribution in [1.29, 1.82) is 0 Å². The summed E-state index contributed by atoms with van der Waals surface area (Å²) in [6.45, 7) is 5.32. The average molecular weight is 384 g/mol. The number of amides is 1. The number of hydrogen-bond acceptors (Lipinski definition) is 6. The van der Waals surface area contributed by atoms with Crippen molar-refractivity contribution in [2.24, 2.45) is 5.92 Å². The SMILES string of the molecule is CC(C)Cc1noc(C2CCCN(C(=O)Cn3ncn4cccc4c3=O)C2)n1. The molecule has 0 spiro atoms. The molecule has 4 rings (SSSR count). The Morgan fingerprint density at radius 2 is 2.25 bits per heavy atom. The Hall–Kier alpha value is -2.97. The van der Waals surface area contributed by atoms with Gasteiger partial charge in [-0.1, -0.05) is 19.0 Å². The van der Waals surface area contributed by atoms with E-state index in [0.717, 1.165) is 19.3 Å². The predicted octanol–water partition coefficient (Wildman–Crippen LogP) is 1.48. The molecule has 1 aliphatic rings. The summed E-state index contributed by atoms with van der Waals surface area (Å²) in [5.41, 5.74) is 0.229. The number of aromatic nitrogens is 5. The highest BCUT2D eigenvalue weighted by Gasteiger charge is 2.29. The Morgan fingerprint density at radius 3 is 3.07 bits per heavy atom. The van der Waals surface area contributed by atoms with E-state index in [9.17, 15) is 9.59 Å². The molecule has 0 radical (unpaired) electrons. The van der Waals surface area contributed by atoms with E-state index in [1.807, 2.05) is 0 Å². The first-order chi connectivity index (χ1) is 13.5. The molecule has 1 saturated heterocycles. The third-order valence-electron chi connectivity index (χ3n) is 5.03. The third kappa shape index (κ3) is 3.69. The van der Waals surface area contributed by atoms with Crippen LogP contribution in [-0.4, -0.2) is 48.2 Å². The molecule has 3 aromatic rings. The standard InChI is InChI=1S/C19H24N6O3/c1-13(2)9-16-21-18(28-22-16)14-5-3-7-23(10-14)17(26)11-25-19(27)15-6-4-8-24(15)12-20-25/h4,6,8,12-14H,3,5,7,9-11H2,1-2H3. The van der Waals surface area contributed by atoms with Gasteiger partial charge in [0.15, 0.2) is 5.82 Å². The summed E-state index contributed by atoms with van der Waals surface area (Å²) in [5.74, 6) is 1.67. The summed E-state index contributed by atoms with van der Waals surface area (Å²) in [7, 11) is 0. The zero-order chi connectivity index (χ0) is 19.7. The third-order valence-corrected chi connectivity index (χ3v) is 5.03. The summed E-state index contributed by atoms with van der Waals surface area (Å²) in [5, 5.41) is 8.16. The smallest absolute Gasteiger partial charge is 0.291 e. The number of hydrogen-bond donors (Lipinski definition) is 0. The van der Waals surface area contributed by atoms with E-state index >= 15 is 0 Å². The van der Waals surface area contributed by atoms with E-state index in [1.54, 1.807) is 27.6 Å². The van der Waals surface area contributed by atoms with Crippen molar-refractivity contribution in [3.63, 3.8) is 0 Å². The first-order valence-electron chi connectivity index (χ1n) is 9.64. The van der Waals surface area contributed by atoms with Gasteiger partial charge in [0.25, 0.3) is 5.56 Å². The van der Waals surface area contributed by atoms with Gasteiger partial charge in [0, 0.05) is 25.7 Å². The fourth-order valence-corrected chi connectivity index (χ4v) is 3.61. The van der Waals surface area contributed by atoms with Crippen molar-refractivity contribution in [2.75, 3.05) is 13.1 Å². The molecule has 9 nitrogen and oxygen atoms in total. The Balaban J connectivity index is 1.45. The molecular formula is C19H24N6O3. The highest BCUT2D eigenvalue weighted by atomic mass is 16.5. The van der Waals surface area contributed by atoms with Crippen LogP contribution in [0.4, 0.5) is 0 Å². The fraction of sp³-hybridized carbons (Fsp3) is 0.526. The first-order valence-corrected chi connectivity index (χ1v) is 9.64. The van der Waals surface area contributed by atoms with E-state index in [2.05, 4.69) is 29.1 Å². The first kappa shape index (κ1) is 18.4. The minimum absolute atomic E-state index is 0.0314. The van der Waals surface area contributed by atoms with Gasteiger partial charge >= 0.3 is 0 Å². The van der Waals surface area contributed by atoms with Gasteiger partial charge in [0.05, 0.1) is 5.92 Å². The highest BCUT2D eigenvalue weighted by molar-refractivity contribution is 5.76. The van der Waals surface area contributed by atoms with Crippen molar-refractivity contribution in [1.82, 2.24) is 29.2 Å². The maximum atomic E-state index is 12.8. The van der Waals surface area contributed by atoms with Crippen molar-refractivity contribution in [3.8, 4) is 0 Å². The second-order valence-corrected chi connectivity index (χ2v) is 7.72. The predicted molar refractivity (Wildman–Crippen MR) is 101 cm³/mol. The number of fused-ring (bicyclic) bond motifs is 1. The molecule has 0 aliphatic carbocycles. The monoisotopic (exact) mass is 384 g/mol. The molecule has 1 atom stereocenters. The highest BCUT2D eigenvalue weighted by Crippen LogP contribution is 2.26. The summed E-state index contributed by atoms with van der Waals surface area (Å²) >= 11 is 0. The van der Waals surface area contributed by atoms with Crippen LogP contribution in [0.2, 0.25) is 0 Å². The molecule has 1 unspecified atom stereocenters. The molecule has 148 valence electrons. The van der Waals surface area contributed by atoms with Crippen LogP contribution in [-0.2, 0) is 17.8 Å². The van der Waals surface area contributed by atoms with E-state index in [4.69, 9.17) is 4.52 Å². The number of piperidine rings is 1. The molecule has 0 bridgehead atoms. The van der Waals surface area contributed by atoms with E-state index in [-0.39, 0.29) is 23.9 Å². The van der Waals surface area contributed by atoms with Gasteiger partial charge in [0.1, 0.15) is 18.4 Å². The molecule has 0 aromatic carbocycles. The van der Waals surface area contributed by atoms with Crippen LogP contribution in [0.3, 0.4) is 0 Å². The number of rotatable bonds is 5. The van der Waals surface area contributed by atoms with E-state index < -0.39 is 0 Å². The number of carbonyl (C=O) groups is 1. The van der Waals surface area contributed by atoms with Gasteiger partial charge in [-0.05, 0) is 30.9 Å². The normalized spacial score (nSPS) is 17.5. The minimum atomic E-state index is -0.273. The van der Waals surface area contributed by atoms with Crippen molar-refractivity contribution in [2.45, 2.75) is 45.6 Å². The van der Waals surface area contributed by atoms with Crippen LogP contribution in [0.5, 0.6) is 0 Å². The van der Waals surface area contributed by atoms with Gasteiger partial charge in [-0.15, -0.1) is 0 Å². The second kappa shape index (κ2) is 7.57. The molecule has 1 aliphatic heterocycles. The summed E-state index contributed by atoms with van der Waals surface area (Å²) in [6.07, 6.45) is 5.83. The van der Waals surface area contributed by atoms with Crippen LogP contribution in [0.15, 0.2) is 34.0 Å². The largest absolute Gasteiger partial charge is 0.340 e. The van der Waals surface area contributed by atoms with Crippen LogP contribution in [0.1, 0.15) is 44.3 Å². The van der Waals surface area contributed by atoms with Crippen LogP contribution >= 0.6 is 0 Å². The molecule has 28 heavy (non-hydrogen) atoms. The lowest BCUT2D eigenvalue weighted by atomic mass is 9.98. The molecule has 1 fully saturated rings. The quantitative estimate of drug-likeness (QED) is 0.661. The zero-order valence-corrected chi connectivity index (χ0v) is 16.1. The molecule has 1 amide bonds. The Labute approximate surface area is 162 Å². The lowest BCUT2D eigenvalue weighted by Gasteiger charge is -2.31. The Kier molecular flexibility index (Phi) is 4.97. The topological polar surface area (TPSA) is 98.5 Å². The fourth-order valence-electron chi connectivity index (χ4n) is 3.61. The number of nitrogens with zero attached hydrogens (tertiary/aromatic N) is 6. The second-order valence-electron chi connectivity index (χ2n) is 7.72. The molecule has 9 heteroatoms. The summed E-state index contributed by atoms with van der Waals surface area (Å²) in [4.78, 5) is 31.5. The molecular weight excluding hydrogens is 360 g/mol. The molecule has 0 N–H and O–H groups in total. The number of carbonyl (C=O) groups excluding carboxylic acids is 1. The Morgan fingerprint density at radius 1 is 1.39 bits per heavy atom. The van der Waals surface area contributed by atoms with Gasteiger partial charge in [0.2, 0.25) is 11.8 Å². The van der Waals surface area contributed by atoms with Crippen LogP contribution < -0.4 is 5.56 Å². The number of likely N-dealkylation sites (tertiary alicyclic amines) is 1. The molecule has 3 aromatic heterocycles. The summed E-state index contributed by atoms with van der Waals surface area (Å²) in [6, 6.07) is 3.49. The maximum absolute atomic E-state index is 12.8. The van der Waals surface area contributed by atoms with Gasteiger partial charge in [-0.2, -0.15) is 10.1 Å². The van der Waals surface area contributed by atoms with E-state index in [1.165, 1.54) is 11.0 Å². The lowest BCUT2D eigenvalue weighted by molar-refractivity contribution is -0.133. The maximum Gasteiger partial charge on any atom is 0.291 e. The lowest BCUT2D eigenvalue weighted by Crippen LogP contribution is -2.42.